The largest absolute Gasteiger partial charge is 0.289 e. The zero-order valence-electron chi connectivity index (χ0n) is 10.7. The molecule has 1 N–H and O–H groups in total. The lowest BCUT2D eigenvalue weighted by atomic mass is 10.3. The van der Waals surface area contributed by atoms with Crippen LogP contribution in [0.2, 0.25) is 0 Å². The number of rotatable bonds is 5. The van der Waals surface area contributed by atoms with Gasteiger partial charge in [-0.2, -0.15) is 0 Å². The zero-order valence-corrected chi connectivity index (χ0v) is 14.0. The van der Waals surface area contributed by atoms with Crippen molar-refractivity contribution < 1.29 is 13.3 Å². The van der Waals surface area contributed by atoms with Gasteiger partial charge in [-0.1, -0.05) is 15.9 Å². The van der Waals surface area contributed by atoms with E-state index in [1.807, 2.05) is 6.92 Å². The number of hydrogen-bond donors (Lipinski definition) is 1. The van der Waals surface area contributed by atoms with E-state index in [-0.39, 0.29) is 11.4 Å². The zero-order chi connectivity index (χ0) is 15.6. The summed E-state index contributed by atoms with van der Waals surface area (Å²) in [5, 5.41) is 11.8. The van der Waals surface area contributed by atoms with Gasteiger partial charge in [0.05, 0.1) is 9.93 Å². The normalized spacial score (nSPS) is 11.5. The van der Waals surface area contributed by atoms with Crippen LogP contribution in [0.1, 0.15) is 9.88 Å². The first kappa shape index (κ1) is 16.0. The first-order valence-electron chi connectivity index (χ1n) is 5.64. The second-order valence-electron chi connectivity index (χ2n) is 4.04. The van der Waals surface area contributed by atoms with Crippen molar-refractivity contribution in [3.05, 3.63) is 48.9 Å². The number of halogens is 1. The Balaban J connectivity index is 2.31. The van der Waals surface area contributed by atoms with Crippen molar-refractivity contribution >= 4 is 43.0 Å². The van der Waals surface area contributed by atoms with E-state index in [1.165, 1.54) is 23.5 Å². The quantitative estimate of drug-likeness (QED) is 0.623. The van der Waals surface area contributed by atoms with Crippen LogP contribution in [0.3, 0.4) is 0 Å². The Morgan fingerprint density at radius 3 is 2.76 bits per heavy atom. The molecule has 0 saturated heterocycles. The molecule has 0 bridgehead atoms. The molecule has 21 heavy (non-hydrogen) atoms. The van der Waals surface area contributed by atoms with Gasteiger partial charge < -0.3 is 0 Å². The Morgan fingerprint density at radius 2 is 2.19 bits per heavy atom. The summed E-state index contributed by atoms with van der Waals surface area (Å²) in [5.74, 6) is 0. The molecule has 0 aliphatic carbocycles. The van der Waals surface area contributed by atoms with Crippen molar-refractivity contribution in [3.63, 3.8) is 0 Å². The Morgan fingerprint density at radius 1 is 1.48 bits per heavy atom. The van der Waals surface area contributed by atoms with E-state index in [4.69, 9.17) is 0 Å². The Hall–Kier alpha value is -1.36. The highest BCUT2D eigenvalue weighted by atomic mass is 79.9. The van der Waals surface area contributed by atoms with Gasteiger partial charge in [0.2, 0.25) is 10.0 Å². The summed E-state index contributed by atoms with van der Waals surface area (Å²) >= 11 is 4.47. The average Bonchev–Trinajstić information content (AvgIpc) is 2.82. The third-order valence-electron chi connectivity index (χ3n) is 2.51. The minimum Gasteiger partial charge on any atom is -0.258 e. The second-order valence-corrected chi connectivity index (χ2v) is 8.01. The molecule has 0 fully saturated rings. The van der Waals surface area contributed by atoms with Gasteiger partial charge in [0.15, 0.2) is 4.90 Å². The van der Waals surface area contributed by atoms with Crippen molar-refractivity contribution in [2.75, 3.05) is 0 Å². The molecule has 0 amide bonds. The maximum absolute atomic E-state index is 12.2. The molecule has 10 heteroatoms. The molecule has 0 aliphatic rings. The van der Waals surface area contributed by atoms with Gasteiger partial charge in [0.25, 0.3) is 5.69 Å². The lowest BCUT2D eigenvalue weighted by molar-refractivity contribution is -0.387. The molecule has 1 heterocycles. The van der Waals surface area contributed by atoms with Crippen molar-refractivity contribution in [2.24, 2.45) is 0 Å². The topological polar surface area (TPSA) is 102 Å². The summed E-state index contributed by atoms with van der Waals surface area (Å²) in [6, 6.07) is 3.78. The fraction of sp³-hybridized carbons (Fsp3) is 0.182. The van der Waals surface area contributed by atoms with Crippen LogP contribution < -0.4 is 4.72 Å². The van der Waals surface area contributed by atoms with Crippen LogP contribution in [0.5, 0.6) is 0 Å². The van der Waals surface area contributed by atoms with E-state index < -0.39 is 20.6 Å². The molecule has 0 aliphatic heterocycles. The van der Waals surface area contributed by atoms with Crippen LogP contribution >= 0.6 is 27.3 Å². The lowest BCUT2D eigenvalue weighted by Crippen LogP contribution is -2.23. The molecule has 112 valence electrons. The summed E-state index contributed by atoms with van der Waals surface area (Å²) in [4.78, 5) is 14.6. The Labute approximate surface area is 133 Å². The fourth-order valence-corrected chi connectivity index (χ4v) is 4.12. The van der Waals surface area contributed by atoms with Crippen LogP contribution in [-0.4, -0.2) is 18.3 Å². The molecule has 7 nitrogen and oxygen atoms in total. The minimum atomic E-state index is -3.99. The van der Waals surface area contributed by atoms with Gasteiger partial charge in [0, 0.05) is 28.2 Å². The maximum atomic E-state index is 12.2. The number of hydrogen-bond acceptors (Lipinski definition) is 6. The predicted octanol–water partition coefficient (Wildman–Crippen LogP) is 2.60. The number of nitro groups is 1. The molecule has 0 spiro atoms. The van der Waals surface area contributed by atoms with Crippen LogP contribution in [0.25, 0.3) is 0 Å². The number of nitrogens with one attached hydrogen (secondary N) is 1. The molecule has 0 saturated carbocycles. The van der Waals surface area contributed by atoms with Crippen molar-refractivity contribution in [3.8, 4) is 0 Å². The number of aromatic nitrogens is 1. The highest BCUT2D eigenvalue weighted by molar-refractivity contribution is 9.10. The average molecular weight is 392 g/mol. The van der Waals surface area contributed by atoms with Gasteiger partial charge in [-0.15, -0.1) is 11.3 Å². The van der Waals surface area contributed by atoms with E-state index in [1.54, 1.807) is 6.20 Å². The van der Waals surface area contributed by atoms with Gasteiger partial charge in [-0.05, 0) is 19.1 Å². The molecule has 0 radical (unpaired) electrons. The third-order valence-corrected chi connectivity index (χ3v) is 5.35. The molecule has 0 atom stereocenters. The fourth-order valence-electron chi connectivity index (χ4n) is 1.58. The maximum Gasteiger partial charge on any atom is 0.289 e. The molecule has 2 aromatic rings. The van der Waals surface area contributed by atoms with Crippen LogP contribution in [-0.2, 0) is 16.6 Å². The molecule has 1 aromatic carbocycles. The highest BCUT2D eigenvalue weighted by Crippen LogP contribution is 2.27. The van der Waals surface area contributed by atoms with Gasteiger partial charge >= 0.3 is 0 Å². The monoisotopic (exact) mass is 391 g/mol. The van der Waals surface area contributed by atoms with Gasteiger partial charge in [-0.25, -0.2) is 18.1 Å². The summed E-state index contributed by atoms with van der Waals surface area (Å²) in [7, 11) is -3.99. The van der Waals surface area contributed by atoms with Crippen molar-refractivity contribution in [2.45, 2.75) is 18.4 Å². The highest BCUT2D eigenvalue weighted by Gasteiger charge is 2.25. The van der Waals surface area contributed by atoms with Crippen LogP contribution in [0.15, 0.2) is 33.8 Å². The van der Waals surface area contributed by atoms with E-state index >= 15 is 0 Å². The Bertz CT molecular complexity index is 789. The van der Waals surface area contributed by atoms with Crippen LogP contribution in [0.4, 0.5) is 5.69 Å². The van der Waals surface area contributed by atoms with E-state index in [0.717, 1.165) is 16.0 Å². The molecular formula is C11H10BrN3O4S2. The summed E-state index contributed by atoms with van der Waals surface area (Å²) in [6.45, 7) is 1.85. The first-order chi connectivity index (χ1) is 9.79. The van der Waals surface area contributed by atoms with E-state index in [9.17, 15) is 18.5 Å². The molecule has 2 rings (SSSR count). The molecule has 0 unspecified atom stereocenters. The molecular weight excluding hydrogens is 382 g/mol. The van der Waals surface area contributed by atoms with Gasteiger partial charge in [0.1, 0.15) is 0 Å². The lowest BCUT2D eigenvalue weighted by Gasteiger charge is -2.06. The number of aryl methyl sites for hydroxylation is 1. The van der Waals surface area contributed by atoms with Crippen molar-refractivity contribution in [1.29, 1.82) is 0 Å². The summed E-state index contributed by atoms with van der Waals surface area (Å²) in [6.07, 6.45) is 1.57. The smallest absolute Gasteiger partial charge is 0.258 e. The number of benzene rings is 1. The van der Waals surface area contributed by atoms with Crippen molar-refractivity contribution in [1.82, 2.24) is 9.71 Å². The minimum absolute atomic E-state index is 0.0392. The van der Waals surface area contributed by atoms with E-state index in [0.29, 0.717) is 4.47 Å². The second kappa shape index (κ2) is 6.18. The number of nitro benzene ring substituents is 1. The third kappa shape index (κ3) is 3.84. The van der Waals surface area contributed by atoms with Gasteiger partial charge in [-0.3, -0.25) is 10.1 Å². The van der Waals surface area contributed by atoms with E-state index in [2.05, 4.69) is 25.6 Å². The Kier molecular flexibility index (Phi) is 4.71. The number of nitrogens with zero attached hydrogens (tertiary/aromatic N) is 2. The number of sulfonamides is 1. The molecule has 1 aromatic heterocycles. The summed E-state index contributed by atoms with van der Waals surface area (Å²) in [5.41, 5.74) is -0.466. The van der Waals surface area contributed by atoms with Crippen LogP contribution in [0, 0.1) is 17.0 Å². The SMILES string of the molecule is Cc1ncc(CNS(=O)(=O)c2cc(Br)ccc2[N+](=O)[O-])s1. The number of thiazole rings is 1. The summed E-state index contributed by atoms with van der Waals surface area (Å²) < 4.78 is 27.3. The predicted molar refractivity (Wildman–Crippen MR) is 81.7 cm³/mol. The first-order valence-corrected chi connectivity index (χ1v) is 8.74. The standard InChI is InChI=1S/C11H10BrN3O4S2/c1-7-13-5-9(20-7)6-14-21(18,19)11-4-8(12)2-3-10(11)15(16)17/h2-5,14H,6H2,1H3.